The lowest BCUT2D eigenvalue weighted by Crippen LogP contribution is -2.24. The van der Waals surface area contributed by atoms with E-state index in [2.05, 4.69) is 26.8 Å². The van der Waals surface area contributed by atoms with Crippen LogP contribution in [0.5, 0.6) is 0 Å². The van der Waals surface area contributed by atoms with Gasteiger partial charge in [-0.25, -0.2) is 0 Å². The minimum Gasteiger partial charge on any atom is -0.550 e. The number of allylic oxidation sites excluding steroid dienone is 2. The zero-order valence-corrected chi connectivity index (χ0v) is 14.0. The van der Waals surface area contributed by atoms with E-state index in [1.54, 1.807) is 0 Å². The summed E-state index contributed by atoms with van der Waals surface area (Å²) < 4.78 is 0. The van der Waals surface area contributed by atoms with E-state index in [-0.39, 0.29) is 18.5 Å². The number of carbonyl (C=O) groups is 1. The van der Waals surface area contributed by atoms with Crippen molar-refractivity contribution in [1.82, 2.24) is 6.15 Å². The van der Waals surface area contributed by atoms with Gasteiger partial charge in [0, 0.05) is 5.97 Å². The Morgan fingerprint density at radius 2 is 1.50 bits per heavy atom. The van der Waals surface area contributed by atoms with E-state index in [0.717, 1.165) is 32.1 Å². The molecule has 0 bridgehead atoms. The van der Waals surface area contributed by atoms with Crippen molar-refractivity contribution in [3.63, 3.8) is 0 Å². The predicted octanol–water partition coefficient (Wildman–Crippen LogP) is 4.62. The molecule has 120 valence electrons. The maximum Gasteiger partial charge on any atom is 0.0420 e. The van der Waals surface area contributed by atoms with Gasteiger partial charge in [-0.2, -0.15) is 0 Å². The zero-order chi connectivity index (χ0) is 14.5. The molecule has 0 aromatic heterocycles. The quantitative estimate of drug-likeness (QED) is 0.531. The third-order valence-electron chi connectivity index (χ3n) is 3.53. The van der Waals surface area contributed by atoms with Gasteiger partial charge in [-0.15, -0.1) is 0 Å². The molecule has 0 heterocycles. The van der Waals surface area contributed by atoms with Crippen LogP contribution in [0.4, 0.5) is 0 Å². The van der Waals surface area contributed by atoms with Gasteiger partial charge >= 0.3 is 0 Å². The number of quaternary nitrogens is 1. The van der Waals surface area contributed by atoms with E-state index >= 15 is 0 Å². The number of hydrogen-bond donors (Lipinski definition) is 1. The molecule has 0 aromatic carbocycles. The molecule has 0 saturated heterocycles. The molecule has 1 atom stereocenters. The highest BCUT2D eigenvalue weighted by atomic mass is 16.4. The number of aliphatic carboxylic acids is 1. The maximum atomic E-state index is 10.8. The van der Waals surface area contributed by atoms with Gasteiger partial charge in [0.15, 0.2) is 0 Å². The summed E-state index contributed by atoms with van der Waals surface area (Å²) in [7, 11) is 0. The molecule has 0 aliphatic rings. The Bertz CT molecular complexity index is 252. The fourth-order valence-corrected chi connectivity index (χ4v) is 2.36. The van der Waals surface area contributed by atoms with Gasteiger partial charge in [0.2, 0.25) is 0 Å². The second-order valence-electron chi connectivity index (χ2n) is 5.51. The first-order valence-electron chi connectivity index (χ1n) is 8.03. The molecule has 1 unspecified atom stereocenters. The molecule has 3 nitrogen and oxygen atoms in total. The smallest absolute Gasteiger partial charge is 0.0420 e. The Kier molecular flexibility index (Phi) is 15.6. The molecule has 0 aliphatic heterocycles. The molecular formula is C17H35NO2. The zero-order valence-electron chi connectivity index (χ0n) is 14.0. The van der Waals surface area contributed by atoms with Crippen LogP contribution in [-0.2, 0) is 4.79 Å². The highest BCUT2D eigenvalue weighted by Crippen LogP contribution is 2.22. The lowest BCUT2D eigenvalue weighted by atomic mass is 9.92. The molecule has 0 amide bonds. The Balaban J connectivity index is 0. The largest absolute Gasteiger partial charge is 0.550 e. The highest BCUT2D eigenvalue weighted by Gasteiger charge is 2.08. The van der Waals surface area contributed by atoms with Crippen molar-refractivity contribution in [2.45, 2.75) is 85.0 Å². The van der Waals surface area contributed by atoms with Crippen LogP contribution < -0.4 is 11.3 Å². The standard InChI is InChI=1S/C17H32O2.H3N/c1-4-7-10-15(11-8-5-2)13-16(12-9-6-3)14-17(18)19;/h13,16H,4-12,14H2,1-3H3,(H,18,19);1H3. The van der Waals surface area contributed by atoms with Crippen molar-refractivity contribution in [3.8, 4) is 0 Å². The van der Waals surface area contributed by atoms with Crippen LogP contribution >= 0.6 is 0 Å². The third kappa shape index (κ3) is 12.2. The van der Waals surface area contributed by atoms with Gasteiger partial charge in [0.25, 0.3) is 0 Å². The van der Waals surface area contributed by atoms with E-state index in [0.29, 0.717) is 0 Å². The van der Waals surface area contributed by atoms with Gasteiger partial charge in [0.1, 0.15) is 0 Å². The van der Waals surface area contributed by atoms with Crippen molar-refractivity contribution in [2.75, 3.05) is 0 Å². The number of carboxylic acid groups (broad SMARTS) is 1. The summed E-state index contributed by atoms with van der Waals surface area (Å²) in [4.78, 5) is 10.8. The molecule has 0 radical (unpaired) electrons. The normalized spacial score (nSPS) is 11.6. The average molecular weight is 285 g/mol. The third-order valence-corrected chi connectivity index (χ3v) is 3.53. The monoisotopic (exact) mass is 285 g/mol. The number of carbonyl (C=O) groups excluding carboxylic acids is 1. The fraction of sp³-hybridized carbons (Fsp3) is 0.824. The van der Waals surface area contributed by atoms with Gasteiger partial charge in [0.05, 0.1) is 0 Å². The average Bonchev–Trinajstić information content (AvgIpc) is 2.38. The Hall–Kier alpha value is -0.830. The summed E-state index contributed by atoms with van der Waals surface area (Å²) in [5.41, 5.74) is 1.46. The van der Waals surface area contributed by atoms with Crippen LogP contribution in [0.2, 0.25) is 0 Å². The molecule has 0 fully saturated rings. The molecule has 0 aliphatic carbocycles. The van der Waals surface area contributed by atoms with E-state index in [1.165, 1.54) is 31.3 Å². The first kappa shape index (κ1) is 21.5. The topological polar surface area (TPSA) is 76.6 Å². The molecule has 0 rings (SSSR count). The van der Waals surface area contributed by atoms with Crippen LogP contribution in [-0.4, -0.2) is 5.97 Å². The molecule has 0 spiro atoms. The van der Waals surface area contributed by atoms with Crippen LogP contribution in [0, 0.1) is 5.92 Å². The summed E-state index contributed by atoms with van der Waals surface area (Å²) in [6.45, 7) is 6.55. The highest BCUT2D eigenvalue weighted by molar-refractivity contribution is 5.64. The Morgan fingerprint density at radius 3 is 1.90 bits per heavy atom. The van der Waals surface area contributed by atoms with Crippen molar-refractivity contribution in [3.05, 3.63) is 11.6 Å². The molecule has 3 heteroatoms. The minimum atomic E-state index is -0.914. The first-order chi connectivity index (χ1) is 9.13. The molecule has 4 N–H and O–H groups in total. The van der Waals surface area contributed by atoms with Crippen molar-refractivity contribution in [1.29, 1.82) is 0 Å². The molecule has 0 saturated carbocycles. The summed E-state index contributed by atoms with van der Waals surface area (Å²) in [5.74, 6) is -0.739. The SMILES string of the molecule is CCCCC(=CC(CCCC)CC(=O)[O-])CCCC.[NH4+]. The van der Waals surface area contributed by atoms with Crippen LogP contribution in [0.3, 0.4) is 0 Å². The van der Waals surface area contributed by atoms with Crippen molar-refractivity contribution >= 4 is 5.97 Å². The predicted molar refractivity (Wildman–Crippen MR) is 85.8 cm³/mol. The van der Waals surface area contributed by atoms with Crippen molar-refractivity contribution in [2.24, 2.45) is 5.92 Å². The van der Waals surface area contributed by atoms with Crippen LogP contribution in [0.25, 0.3) is 0 Å². The van der Waals surface area contributed by atoms with Gasteiger partial charge in [-0.1, -0.05) is 58.1 Å². The molecular weight excluding hydrogens is 250 g/mol. The summed E-state index contributed by atoms with van der Waals surface area (Å²) in [5, 5.41) is 10.8. The number of unbranched alkanes of at least 4 members (excludes halogenated alkanes) is 3. The van der Waals surface area contributed by atoms with E-state index in [9.17, 15) is 9.90 Å². The fourth-order valence-electron chi connectivity index (χ4n) is 2.36. The molecule has 20 heavy (non-hydrogen) atoms. The van der Waals surface area contributed by atoms with Crippen molar-refractivity contribution < 1.29 is 9.90 Å². The molecule has 0 aromatic rings. The van der Waals surface area contributed by atoms with Gasteiger partial charge in [-0.05, 0) is 44.4 Å². The lowest BCUT2D eigenvalue weighted by molar-refractivity contribution is -0.306. The van der Waals surface area contributed by atoms with Crippen LogP contribution in [0.1, 0.15) is 85.0 Å². The summed E-state index contributed by atoms with van der Waals surface area (Å²) in [6, 6.07) is 0. The Labute approximate surface area is 125 Å². The van der Waals surface area contributed by atoms with E-state index in [1.807, 2.05) is 0 Å². The number of carboxylic acids is 1. The second kappa shape index (κ2) is 14.6. The van der Waals surface area contributed by atoms with E-state index < -0.39 is 5.97 Å². The lowest BCUT2D eigenvalue weighted by Gasteiger charge is -2.16. The number of rotatable bonds is 12. The maximum absolute atomic E-state index is 10.8. The second-order valence-corrected chi connectivity index (χ2v) is 5.51. The minimum absolute atomic E-state index is 0. The van der Waals surface area contributed by atoms with Crippen LogP contribution in [0.15, 0.2) is 11.6 Å². The van der Waals surface area contributed by atoms with E-state index in [4.69, 9.17) is 0 Å². The number of hydrogen-bond acceptors (Lipinski definition) is 2. The first-order valence-corrected chi connectivity index (χ1v) is 8.03. The Morgan fingerprint density at radius 1 is 1.00 bits per heavy atom. The van der Waals surface area contributed by atoms with Gasteiger partial charge < -0.3 is 16.1 Å². The summed E-state index contributed by atoms with van der Waals surface area (Å²) >= 11 is 0. The van der Waals surface area contributed by atoms with Gasteiger partial charge in [-0.3, -0.25) is 0 Å². The summed E-state index contributed by atoms with van der Waals surface area (Å²) in [6.07, 6.45) is 12.7.